The molecule has 0 aliphatic carbocycles. The van der Waals surface area contributed by atoms with E-state index in [1.807, 2.05) is 0 Å². The van der Waals surface area contributed by atoms with Gasteiger partial charge in [-0.1, -0.05) is 24.6 Å². The summed E-state index contributed by atoms with van der Waals surface area (Å²) in [7, 11) is 1.71. The van der Waals surface area contributed by atoms with Crippen molar-refractivity contribution in [2.75, 3.05) is 31.7 Å². The largest absolute Gasteiger partial charge is 0.383 e. The van der Waals surface area contributed by atoms with E-state index in [0.717, 1.165) is 36.8 Å². The molecule has 1 aliphatic heterocycles. The Labute approximate surface area is 133 Å². The zero-order valence-electron chi connectivity index (χ0n) is 13.2. The Balaban J connectivity index is 2.00. The Hall–Kier alpha value is -0.770. The maximum absolute atomic E-state index is 6.45. The number of anilines is 1. The maximum atomic E-state index is 6.45. The van der Waals surface area contributed by atoms with Crippen molar-refractivity contribution in [2.45, 2.75) is 45.2 Å². The monoisotopic (exact) mass is 310 g/mol. The minimum absolute atomic E-state index is 0.667. The molecule has 0 saturated carbocycles. The molecule has 0 spiro atoms. The van der Waals surface area contributed by atoms with Gasteiger partial charge < -0.3 is 15.0 Å². The molecule has 1 unspecified atom stereocenters. The quantitative estimate of drug-likeness (QED) is 0.774. The topological polar surface area (TPSA) is 24.5 Å². The maximum Gasteiger partial charge on any atom is 0.0587 e. The molecular formula is C17H27ClN2O. The first kappa shape index (κ1) is 16.6. The third-order valence-corrected chi connectivity index (χ3v) is 4.62. The number of rotatable bonds is 7. The lowest BCUT2D eigenvalue weighted by molar-refractivity contribution is 0.199. The van der Waals surface area contributed by atoms with Gasteiger partial charge in [0.2, 0.25) is 0 Å². The number of hydrogen-bond donors (Lipinski definition) is 1. The van der Waals surface area contributed by atoms with Gasteiger partial charge in [0.15, 0.2) is 0 Å². The number of piperidine rings is 1. The van der Waals surface area contributed by atoms with Gasteiger partial charge in [0.25, 0.3) is 0 Å². The van der Waals surface area contributed by atoms with Crippen LogP contribution in [0.25, 0.3) is 0 Å². The van der Waals surface area contributed by atoms with Crippen molar-refractivity contribution in [2.24, 2.45) is 0 Å². The van der Waals surface area contributed by atoms with Gasteiger partial charge in [-0.25, -0.2) is 0 Å². The first-order chi connectivity index (χ1) is 10.3. The van der Waals surface area contributed by atoms with Gasteiger partial charge in [-0.15, -0.1) is 0 Å². The highest BCUT2D eigenvalue weighted by atomic mass is 35.5. The summed E-state index contributed by atoms with van der Waals surface area (Å²) in [4.78, 5) is 2.53. The Kier molecular flexibility index (Phi) is 6.81. The summed E-state index contributed by atoms with van der Waals surface area (Å²) < 4.78 is 5.03. The van der Waals surface area contributed by atoms with Gasteiger partial charge in [-0.2, -0.15) is 0 Å². The van der Waals surface area contributed by atoms with E-state index in [1.165, 1.54) is 31.4 Å². The van der Waals surface area contributed by atoms with Crippen LogP contribution in [0, 0.1) is 0 Å². The fraction of sp³-hybridized carbons (Fsp3) is 0.647. The summed E-state index contributed by atoms with van der Waals surface area (Å²) in [5.41, 5.74) is 2.42. The average Bonchev–Trinajstić information content (AvgIpc) is 2.52. The van der Waals surface area contributed by atoms with E-state index >= 15 is 0 Å². The fourth-order valence-corrected chi connectivity index (χ4v) is 3.26. The Morgan fingerprint density at radius 3 is 2.95 bits per heavy atom. The van der Waals surface area contributed by atoms with Crippen molar-refractivity contribution >= 4 is 17.3 Å². The number of nitrogens with zero attached hydrogens (tertiary/aromatic N) is 1. The van der Waals surface area contributed by atoms with Crippen molar-refractivity contribution in [3.8, 4) is 0 Å². The zero-order chi connectivity index (χ0) is 15.1. The number of halogens is 1. The average molecular weight is 311 g/mol. The molecule has 0 bridgehead atoms. The van der Waals surface area contributed by atoms with Crippen LogP contribution < -0.4 is 10.2 Å². The van der Waals surface area contributed by atoms with Gasteiger partial charge in [-0.05, 0) is 43.4 Å². The molecule has 1 aromatic rings. The van der Waals surface area contributed by atoms with Crippen molar-refractivity contribution in [1.29, 1.82) is 0 Å². The molecular weight excluding hydrogens is 284 g/mol. The Bertz CT molecular complexity index is 439. The molecule has 1 heterocycles. The molecule has 1 aliphatic rings. The summed E-state index contributed by atoms with van der Waals surface area (Å²) in [6.07, 6.45) is 5.14. The zero-order valence-corrected chi connectivity index (χ0v) is 14.0. The molecule has 1 fully saturated rings. The van der Waals surface area contributed by atoms with Crippen molar-refractivity contribution in [3.63, 3.8) is 0 Å². The minimum atomic E-state index is 0.667. The molecule has 21 heavy (non-hydrogen) atoms. The number of methoxy groups -OCH3 is 1. The minimum Gasteiger partial charge on any atom is -0.383 e. The van der Waals surface area contributed by atoms with Crippen molar-refractivity contribution < 1.29 is 4.74 Å². The summed E-state index contributed by atoms with van der Waals surface area (Å²) in [6.45, 7) is 5.79. The molecule has 0 radical (unpaired) electrons. The molecule has 4 heteroatoms. The Morgan fingerprint density at radius 2 is 2.24 bits per heavy atom. The van der Waals surface area contributed by atoms with E-state index in [9.17, 15) is 0 Å². The van der Waals surface area contributed by atoms with E-state index in [-0.39, 0.29) is 0 Å². The molecule has 1 atom stereocenters. The van der Waals surface area contributed by atoms with Crippen LogP contribution in [0.4, 0.5) is 5.69 Å². The van der Waals surface area contributed by atoms with Crippen LogP contribution in [0.5, 0.6) is 0 Å². The van der Waals surface area contributed by atoms with Crippen LogP contribution in [-0.2, 0) is 11.3 Å². The standard InChI is InChI=1S/C17H27ClN2O/c1-3-15-6-4-5-10-20(15)16-8-7-14(17(18)12-16)13-19-9-11-21-2/h7-8,12,15,19H,3-6,9-11,13H2,1-2H3. The highest BCUT2D eigenvalue weighted by molar-refractivity contribution is 6.31. The fourth-order valence-electron chi connectivity index (χ4n) is 3.02. The third-order valence-electron chi connectivity index (χ3n) is 4.27. The van der Waals surface area contributed by atoms with E-state index in [2.05, 4.69) is 35.3 Å². The summed E-state index contributed by atoms with van der Waals surface area (Å²) in [5.74, 6) is 0. The highest BCUT2D eigenvalue weighted by Crippen LogP contribution is 2.29. The first-order valence-electron chi connectivity index (χ1n) is 8.01. The van der Waals surface area contributed by atoms with Crippen LogP contribution in [0.3, 0.4) is 0 Å². The summed E-state index contributed by atoms with van der Waals surface area (Å²) >= 11 is 6.45. The second-order valence-electron chi connectivity index (χ2n) is 5.70. The van der Waals surface area contributed by atoms with Crippen LogP contribution in [0.1, 0.15) is 38.2 Å². The van der Waals surface area contributed by atoms with Crippen molar-refractivity contribution in [3.05, 3.63) is 28.8 Å². The smallest absolute Gasteiger partial charge is 0.0587 e. The predicted octanol–water partition coefficient (Wildman–Crippen LogP) is 3.84. The van der Waals surface area contributed by atoms with Gasteiger partial charge in [0.1, 0.15) is 0 Å². The number of nitrogens with one attached hydrogen (secondary N) is 1. The molecule has 0 aromatic heterocycles. The van der Waals surface area contributed by atoms with Gasteiger partial charge in [-0.3, -0.25) is 0 Å². The van der Waals surface area contributed by atoms with Crippen LogP contribution in [0.2, 0.25) is 5.02 Å². The first-order valence-corrected chi connectivity index (χ1v) is 8.38. The van der Waals surface area contributed by atoms with Gasteiger partial charge >= 0.3 is 0 Å². The van der Waals surface area contributed by atoms with Gasteiger partial charge in [0, 0.05) is 43.5 Å². The highest BCUT2D eigenvalue weighted by Gasteiger charge is 2.21. The lowest BCUT2D eigenvalue weighted by atomic mass is 9.99. The van der Waals surface area contributed by atoms with E-state index in [4.69, 9.17) is 16.3 Å². The lowest BCUT2D eigenvalue weighted by Gasteiger charge is -2.37. The molecule has 3 nitrogen and oxygen atoms in total. The lowest BCUT2D eigenvalue weighted by Crippen LogP contribution is -2.39. The second kappa shape index (κ2) is 8.62. The SMILES string of the molecule is CCC1CCCCN1c1ccc(CNCCOC)c(Cl)c1. The van der Waals surface area contributed by atoms with Crippen LogP contribution >= 0.6 is 11.6 Å². The molecule has 1 aromatic carbocycles. The Morgan fingerprint density at radius 1 is 1.38 bits per heavy atom. The number of benzene rings is 1. The molecule has 1 saturated heterocycles. The third kappa shape index (κ3) is 4.60. The van der Waals surface area contributed by atoms with Gasteiger partial charge in [0.05, 0.1) is 6.61 Å². The van der Waals surface area contributed by atoms with Crippen LogP contribution in [-0.4, -0.2) is 32.8 Å². The molecule has 0 amide bonds. The predicted molar refractivity (Wildman–Crippen MR) is 90.3 cm³/mol. The summed E-state index contributed by atoms with van der Waals surface area (Å²) in [6, 6.07) is 7.16. The van der Waals surface area contributed by atoms with E-state index < -0.39 is 0 Å². The normalized spacial score (nSPS) is 19.0. The van der Waals surface area contributed by atoms with Crippen LogP contribution in [0.15, 0.2) is 18.2 Å². The van der Waals surface area contributed by atoms with E-state index in [1.54, 1.807) is 7.11 Å². The molecule has 1 N–H and O–H groups in total. The number of hydrogen-bond acceptors (Lipinski definition) is 3. The number of ether oxygens (including phenoxy) is 1. The van der Waals surface area contributed by atoms with Crippen molar-refractivity contribution in [1.82, 2.24) is 5.32 Å². The van der Waals surface area contributed by atoms with E-state index in [0.29, 0.717) is 6.04 Å². The summed E-state index contributed by atoms with van der Waals surface area (Å²) in [5, 5.41) is 4.20. The second-order valence-corrected chi connectivity index (χ2v) is 6.10. The molecule has 118 valence electrons. The molecule has 2 rings (SSSR count).